The summed E-state index contributed by atoms with van der Waals surface area (Å²) >= 11 is 0. The standard InChI is InChI=1S/C17H13F3N4O/c18-17(19,20)10-22-12-6-2-4-8-14(12)24-16(25)15-9-21-11-5-1-3-7-13(11)23-15/h1-9,22H,10H2,(H,24,25). The molecule has 0 saturated carbocycles. The van der Waals surface area contributed by atoms with Crippen molar-refractivity contribution in [3.05, 3.63) is 60.4 Å². The number of nitrogens with zero attached hydrogens (tertiary/aromatic N) is 2. The maximum atomic E-state index is 12.4. The summed E-state index contributed by atoms with van der Waals surface area (Å²) < 4.78 is 37.1. The molecule has 0 atom stereocenters. The quantitative estimate of drug-likeness (QED) is 0.753. The fourth-order valence-corrected chi connectivity index (χ4v) is 2.19. The zero-order valence-electron chi connectivity index (χ0n) is 12.8. The first-order valence-corrected chi connectivity index (χ1v) is 7.35. The van der Waals surface area contributed by atoms with Gasteiger partial charge in [-0.25, -0.2) is 4.98 Å². The maximum Gasteiger partial charge on any atom is 0.405 e. The minimum atomic E-state index is -4.36. The fraction of sp³-hybridized carbons (Fsp3) is 0.118. The average Bonchev–Trinajstić information content (AvgIpc) is 2.60. The number of benzene rings is 2. The molecule has 0 spiro atoms. The number of rotatable bonds is 4. The van der Waals surface area contributed by atoms with Crippen LogP contribution in [-0.2, 0) is 0 Å². The number of para-hydroxylation sites is 4. The molecule has 5 nitrogen and oxygen atoms in total. The molecule has 25 heavy (non-hydrogen) atoms. The summed E-state index contributed by atoms with van der Waals surface area (Å²) in [5.41, 5.74) is 1.67. The number of carbonyl (C=O) groups excluding carboxylic acids is 1. The summed E-state index contributed by atoms with van der Waals surface area (Å²) in [6.07, 6.45) is -3.04. The van der Waals surface area contributed by atoms with Gasteiger partial charge in [0.2, 0.25) is 0 Å². The van der Waals surface area contributed by atoms with Gasteiger partial charge in [0.25, 0.3) is 5.91 Å². The summed E-state index contributed by atoms with van der Waals surface area (Å²) in [6.45, 7) is -1.20. The van der Waals surface area contributed by atoms with Crippen LogP contribution < -0.4 is 10.6 Å². The van der Waals surface area contributed by atoms with E-state index in [2.05, 4.69) is 20.6 Å². The number of anilines is 2. The zero-order valence-corrected chi connectivity index (χ0v) is 12.8. The Bertz CT molecular complexity index is 912. The van der Waals surface area contributed by atoms with Crippen LogP contribution in [0.2, 0.25) is 0 Å². The van der Waals surface area contributed by atoms with E-state index in [0.717, 1.165) is 0 Å². The topological polar surface area (TPSA) is 66.9 Å². The van der Waals surface area contributed by atoms with Crippen LogP contribution >= 0.6 is 0 Å². The molecule has 1 heterocycles. The smallest absolute Gasteiger partial charge is 0.375 e. The first-order chi connectivity index (χ1) is 11.9. The number of halogens is 3. The third-order valence-corrected chi connectivity index (χ3v) is 3.34. The summed E-state index contributed by atoms with van der Waals surface area (Å²) in [5.74, 6) is -0.556. The Labute approximate surface area is 140 Å². The molecule has 0 aliphatic heterocycles. The maximum absolute atomic E-state index is 12.4. The van der Waals surface area contributed by atoms with Gasteiger partial charge in [0.15, 0.2) is 0 Å². The van der Waals surface area contributed by atoms with E-state index < -0.39 is 18.6 Å². The summed E-state index contributed by atoms with van der Waals surface area (Å²) in [5, 5.41) is 4.82. The molecule has 0 unspecified atom stereocenters. The Balaban J connectivity index is 1.80. The van der Waals surface area contributed by atoms with Crippen molar-refractivity contribution in [2.24, 2.45) is 0 Å². The molecule has 0 fully saturated rings. The Morgan fingerprint density at radius 3 is 2.32 bits per heavy atom. The minimum absolute atomic E-state index is 0.0734. The van der Waals surface area contributed by atoms with Gasteiger partial charge in [0.05, 0.1) is 28.6 Å². The molecule has 1 aromatic heterocycles. The molecular formula is C17H13F3N4O. The molecule has 3 aromatic rings. The third-order valence-electron chi connectivity index (χ3n) is 3.34. The van der Waals surface area contributed by atoms with Crippen molar-refractivity contribution in [3.8, 4) is 0 Å². The Hall–Kier alpha value is -3.16. The van der Waals surface area contributed by atoms with Gasteiger partial charge in [-0.2, -0.15) is 13.2 Å². The van der Waals surface area contributed by atoms with Crippen LogP contribution in [0.15, 0.2) is 54.7 Å². The van der Waals surface area contributed by atoms with Crippen molar-refractivity contribution < 1.29 is 18.0 Å². The van der Waals surface area contributed by atoms with E-state index in [9.17, 15) is 18.0 Å². The van der Waals surface area contributed by atoms with E-state index in [1.807, 2.05) is 0 Å². The van der Waals surface area contributed by atoms with Crippen LogP contribution in [-0.4, -0.2) is 28.6 Å². The number of amides is 1. The lowest BCUT2D eigenvalue weighted by Crippen LogP contribution is -2.22. The van der Waals surface area contributed by atoms with Crippen molar-refractivity contribution in [1.82, 2.24) is 9.97 Å². The number of fused-ring (bicyclic) bond motifs is 1. The van der Waals surface area contributed by atoms with Crippen LogP contribution in [0.25, 0.3) is 11.0 Å². The van der Waals surface area contributed by atoms with E-state index >= 15 is 0 Å². The molecule has 2 N–H and O–H groups in total. The lowest BCUT2D eigenvalue weighted by atomic mass is 10.2. The van der Waals surface area contributed by atoms with Crippen LogP contribution in [0.3, 0.4) is 0 Å². The van der Waals surface area contributed by atoms with Gasteiger partial charge in [0.1, 0.15) is 12.2 Å². The lowest BCUT2D eigenvalue weighted by Gasteiger charge is -2.14. The molecule has 3 rings (SSSR count). The molecule has 0 aliphatic rings. The summed E-state index contributed by atoms with van der Waals surface area (Å²) in [4.78, 5) is 20.7. The second-order valence-corrected chi connectivity index (χ2v) is 5.21. The van der Waals surface area contributed by atoms with E-state index in [0.29, 0.717) is 11.0 Å². The average molecular weight is 346 g/mol. The minimum Gasteiger partial charge on any atom is -0.375 e. The monoisotopic (exact) mass is 346 g/mol. The number of nitrogens with one attached hydrogen (secondary N) is 2. The van der Waals surface area contributed by atoms with Crippen molar-refractivity contribution >= 4 is 28.3 Å². The van der Waals surface area contributed by atoms with E-state index in [4.69, 9.17) is 0 Å². The van der Waals surface area contributed by atoms with Gasteiger partial charge in [-0.15, -0.1) is 0 Å². The van der Waals surface area contributed by atoms with Gasteiger partial charge in [0, 0.05) is 0 Å². The molecular weight excluding hydrogens is 333 g/mol. The number of hydrogen-bond acceptors (Lipinski definition) is 4. The lowest BCUT2D eigenvalue weighted by molar-refractivity contribution is -0.115. The highest BCUT2D eigenvalue weighted by atomic mass is 19.4. The summed E-state index contributed by atoms with van der Waals surface area (Å²) in [7, 11) is 0. The third kappa shape index (κ3) is 4.23. The second kappa shape index (κ2) is 6.76. The molecule has 0 saturated heterocycles. The van der Waals surface area contributed by atoms with Crippen molar-refractivity contribution in [1.29, 1.82) is 0 Å². The van der Waals surface area contributed by atoms with Crippen LogP contribution in [0.5, 0.6) is 0 Å². The Kier molecular flexibility index (Phi) is 4.51. The van der Waals surface area contributed by atoms with Crippen molar-refractivity contribution in [2.75, 3.05) is 17.2 Å². The van der Waals surface area contributed by atoms with E-state index in [-0.39, 0.29) is 17.1 Å². The summed E-state index contributed by atoms with van der Waals surface area (Å²) in [6, 6.07) is 13.2. The predicted octanol–water partition coefficient (Wildman–Crippen LogP) is 3.86. The van der Waals surface area contributed by atoms with Crippen LogP contribution in [0.4, 0.5) is 24.5 Å². The Morgan fingerprint density at radius 2 is 1.60 bits per heavy atom. The largest absolute Gasteiger partial charge is 0.405 e. The molecule has 1 amide bonds. The van der Waals surface area contributed by atoms with Crippen molar-refractivity contribution in [2.45, 2.75) is 6.18 Å². The van der Waals surface area contributed by atoms with Gasteiger partial charge in [-0.05, 0) is 24.3 Å². The molecule has 2 aromatic carbocycles. The SMILES string of the molecule is O=C(Nc1ccccc1NCC(F)(F)F)c1cnc2ccccc2n1. The second-order valence-electron chi connectivity index (χ2n) is 5.21. The highest BCUT2D eigenvalue weighted by Gasteiger charge is 2.27. The highest BCUT2D eigenvalue weighted by Crippen LogP contribution is 2.24. The number of aromatic nitrogens is 2. The molecule has 0 aliphatic carbocycles. The van der Waals surface area contributed by atoms with Gasteiger partial charge >= 0.3 is 6.18 Å². The van der Waals surface area contributed by atoms with Gasteiger partial charge in [-0.1, -0.05) is 24.3 Å². The molecule has 128 valence electrons. The van der Waals surface area contributed by atoms with E-state index in [1.165, 1.54) is 18.3 Å². The number of carbonyl (C=O) groups is 1. The Morgan fingerprint density at radius 1 is 0.960 bits per heavy atom. The highest BCUT2D eigenvalue weighted by molar-refractivity contribution is 6.05. The van der Waals surface area contributed by atoms with E-state index in [1.54, 1.807) is 36.4 Å². The number of hydrogen-bond donors (Lipinski definition) is 2. The first kappa shape index (κ1) is 16.7. The first-order valence-electron chi connectivity index (χ1n) is 7.35. The fourth-order valence-electron chi connectivity index (χ4n) is 2.19. The molecule has 0 radical (unpaired) electrons. The van der Waals surface area contributed by atoms with Gasteiger partial charge < -0.3 is 10.6 Å². The van der Waals surface area contributed by atoms with Crippen LogP contribution in [0, 0.1) is 0 Å². The molecule has 8 heteroatoms. The molecule has 0 bridgehead atoms. The van der Waals surface area contributed by atoms with Crippen LogP contribution in [0.1, 0.15) is 10.5 Å². The van der Waals surface area contributed by atoms with Crippen molar-refractivity contribution in [3.63, 3.8) is 0 Å². The van der Waals surface area contributed by atoms with Gasteiger partial charge in [-0.3, -0.25) is 9.78 Å². The number of alkyl halides is 3. The normalized spacial score (nSPS) is 11.3. The predicted molar refractivity (Wildman–Crippen MR) is 88.5 cm³/mol. The zero-order chi connectivity index (χ0) is 17.9.